The fraction of sp³-hybridized carbons (Fsp3) is 0.542. The second-order valence-corrected chi connectivity index (χ2v) is 10.1. The van der Waals surface area contributed by atoms with Crippen molar-refractivity contribution in [2.75, 3.05) is 37.6 Å². The van der Waals surface area contributed by atoms with Crippen LogP contribution in [0, 0.1) is 0 Å². The Kier molecular flexibility index (Phi) is 7.43. The minimum absolute atomic E-state index is 0.0590. The van der Waals surface area contributed by atoms with E-state index in [-0.39, 0.29) is 23.8 Å². The highest BCUT2D eigenvalue weighted by Crippen LogP contribution is 2.42. The molecule has 1 aliphatic heterocycles. The van der Waals surface area contributed by atoms with E-state index < -0.39 is 6.10 Å². The summed E-state index contributed by atoms with van der Waals surface area (Å²) >= 11 is 12.6. The summed E-state index contributed by atoms with van der Waals surface area (Å²) in [6, 6.07) is 5.57. The second-order valence-electron chi connectivity index (χ2n) is 9.24. The molecule has 1 aromatic carbocycles. The normalized spacial score (nSPS) is 21.4. The zero-order valence-electron chi connectivity index (χ0n) is 19.3. The van der Waals surface area contributed by atoms with Gasteiger partial charge in [-0.1, -0.05) is 50.0 Å². The Bertz CT molecular complexity index is 1010. The van der Waals surface area contributed by atoms with E-state index in [0.717, 1.165) is 22.6 Å². The van der Waals surface area contributed by atoms with Crippen molar-refractivity contribution in [3.05, 3.63) is 51.4 Å². The number of hydrogen-bond acceptors (Lipinski definition) is 6. The van der Waals surface area contributed by atoms with Gasteiger partial charge in [-0.05, 0) is 30.0 Å². The zero-order valence-corrected chi connectivity index (χ0v) is 20.8. The average molecular weight is 492 g/mol. The van der Waals surface area contributed by atoms with Gasteiger partial charge in [-0.3, -0.25) is 4.79 Å². The summed E-state index contributed by atoms with van der Waals surface area (Å²) in [4.78, 5) is 26.6. The summed E-state index contributed by atoms with van der Waals surface area (Å²) in [7, 11) is 0. The molecule has 1 saturated heterocycles. The molecular formula is C24H31Cl2N5O2. The van der Waals surface area contributed by atoms with E-state index in [0.29, 0.717) is 49.2 Å². The van der Waals surface area contributed by atoms with Crippen molar-refractivity contribution in [3.63, 3.8) is 0 Å². The van der Waals surface area contributed by atoms with Crippen LogP contribution in [0.2, 0.25) is 10.0 Å². The SMILES string of the molecule is CC(C)NCC(C(=O)N1CCN(c2ncnc3c2[C@H](C)C[C@H]3O)CC1)c1ccc(Cl)cc1Cl. The van der Waals surface area contributed by atoms with Gasteiger partial charge >= 0.3 is 0 Å². The maximum atomic E-state index is 13.6. The van der Waals surface area contributed by atoms with Crippen molar-refractivity contribution >= 4 is 34.9 Å². The predicted octanol–water partition coefficient (Wildman–Crippen LogP) is 3.75. The van der Waals surface area contributed by atoms with Gasteiger partial charge in [-0.15, -0.1) is 0 Å². The van der Waals surface area contributed by atoms with Gasteiger partial charge in [0, 0.05) is 54.4 Å². The third kappa shape index (κ3) is 5.11. The Balaban J connectivity index is 1.50. The summed E-state index contributed by atoms with van der Waals surface area (Å²) < 4.78 is 0. The van der Waals surface area contributed by atoms with Gasteiger partial charge in [-0.25, -0.2) is 9.97 Å². The molecule has 2 heterocycles. The lowest BCUT2D eigenvalue weighted by molar-refractivity contribution is -0.133. The molecule has 33 heavy (non-hydrogen) atoms. The summed E-state index contributed by atoms with van der Waals surface area (Å²) in [5.74, 6) is 0.769. The number of rotatable bonds is 6. The standard InChI is InChI=1S/C24H31Cl2N5O2/c1-14(2)27-12-18(17-5-4-16(25)11-19(17)26)24(33)31-8-6-30(7-9-31)23-21-15(3)10-20(32)22(21)28-13-29-23/h4-5,11,13-15,18,20,27,32H,6-10,12H2,1-3H3/t15-,18?,20-/m1/s1. The second kappa shape index (κ2) is 10.1. The van der Waals surface area contributed by atoms with Crippen molar-refractivity contribution in [1.82, 2.24) is 20.2 Å². The Hall–Kier alpha value is -1.93. The number of halogens is 2. The molecular weight excluding hydrogens is 461 g/mol. The Morgan fingerprint density at radius 2 is 1.94 bits per heavy atom. The highest BCUT2D eigenvalue weighted by atomic mass is 35.5. The fourth-order valence-corrected chi connectivity index (χ4v) is 5.32. The maximum Gasteiger partial charge on any atom is 0.231 e. The Labute approximate surface area is 205 Å². The van der Waals surface area contributed by atoms with Crippen LogP contribution in [0.3, 0.4) is 0 Å². The molecule has 0 bridgehead atoms. The topological polar surface area (TPSA) is 81.6 Å². The van der Waals surface area contributed by atoms with Crippen LogP contribution >= 0.6 is 23.2 Å². The molecule has 178 valence electrons. The minimum atomic E-state index is -0.530. The van der Waals surface area contributed by atoms with Crippen LogP contribution in [0.5, 0.6) is 0 Å². The predicted molar refractivity (Wildman–Crippen MR) is 131 cm³/mol. The number of amides is 1. The van der Waals surface area contributed by atoms with E-state index in [1.165, 1.54) is 6.33 Å². The number of aliphatic hydroxyl groups is 1. The lowest BCUT2D eigenvalue weighted by atomic mass is 9.96. The number of benzene rings is 1. The number of aliphatic hydroxyl groups excluding tert-OH is 1. The van der Waals surface area contributed by atoms with Crippen LogP contribution in [0.4, 0.5) is 5.82 Å². The fourth-order valence-electron chi connectivity index (χ4n) is 4.78. The molecule has 0 saturated carbocycles. The quantitative estimate of drug-likeness (QED) is 0.640. The van der Waals surface area contributed by atoms with E-state index in [4.69, 9.17) is 23.2 Å². The number of anilines is 1. The molecule has 1 aromatic heterocycles. The lowest BCUT2D eigenvalue weighted by Crippen LogP contribution is -2.51. The molecule has 1 aliphatic carbocycles. The Morgan fingerprint density at radius 3 is 2.61 bits per heavy atom. The van der Waals surface area contributed by atoms with Gasteiger partial charge in [0.15, 0.2) is 0 Å². The maximum absolute atomic E-state index is 13.6. The van der Waals surface area contributed by atoms with Gasteiger partial charge in [0.1, 0.15) is 12.1 Å². The van der Waals surface area contributed by atoms with Crippen molar-refractivity contribution in [3.8, 4) is 0 Å². The highest BCUT2D eigenvalue weighted by Gasteiger charge is 2.35. The van der Waals surface area contributed by atoms with Gasteiger partial charge in [-0.2, -0.15) is 0 Å². The van der Waals surface area contributed by atoms with Gasteiger partial charge in [0.25, 0.3) is 0 Å². The number of aromatic nitrogens is 2. The number of carbonyl (C=O) groups is 1. The number of carbonyl (C=O) groups excluding carboxylic acids is 1. The number of hydrogen-bond donors (Lipinski definition) is 2. The monoisotopic (exact) mass is 491 g/mol. The zero-order chi connectivity index (χ0) is 23.7. The molecule has 0 radical (unpaired) electrons. The molecule has 2 N–H and O–H groups in total. The van der Waals surface area contributed by atoms with Gasteiger partial charge in [0.2, 0.25) is 5.91 Å². The van der Waals surface area contributed by atoms with Crippen LogP contribution in [-0.2, 0) is 4.79 Å². The summed E-state index contributed by atoms with van der Waals surface area (Å²) in [5.41, 5.74) is 2.57. The average Bonchev–Trinajstić information content (AvgIpc) is 3.08. The lowest BCUT2D eigenvalue weighted by Gasteiger charge is -2.38. The molecule has 3 atom stereocenters. The smallest absolute Gasteiger partial charge is 0.231 e. The molecule has 2 aromatic rings. The number of fused-ring (bicyclic) bond motifs is 1. The Morgan fingerprint density at radius 1 is 1.21 bits per heavy atom. The molecule has 1 unspecified atom stereocenters. The van der Waals surface area contributed by atoms with Crippen molar-refractivity contribution < 1.29 is 9.90 Å². The highest BCUT2D eigenvalue weighted by molar-refractivity contribution is 6.35. The largest absolute Gasteiger partial charge is 0.387 e. The third-order valence-corrected chi connectivity index (χ3v) is 7.10. The number of piperazine rings is 1. The van der Waals surface area contributed by atoms with Crippen molar-refractivity contribution in [2.24, 2.45) is 0 Å². The molecule has 4 rings (SSSR count). The van der Waals surface area contributed by atoms with Crippen LogP contribution in [0.15, 0.2) is 24.5 Å². The van der Waals surface area contributed by atoms with E-state index >= 15 is 0 Å². The van der Waals surface area contributed by atoms with Gasteiger partial charge < -0.3 is 20.2 Å². The number of nitrogens with zero attached hydrogens (tertiary/aromatic N) is 4. The molecule has 0 spiro atoms. The number of nitrogens with one attached hydrogen (secondary N) is 1. The third-order valence-electron chi connectivity index (χ3n) is 6.54. The summed E-state index contributed by atoms with van der Waals surface area (Å²) in [6.07, 6.45) is 1.67. The molecule has 1 amide bonds. The van der Waals surface area contributed by atoms with E-state index in [1.807, 2.05) is 11.0 Å². The molecule has 7 nitrogen and oxygen atoms in total. The van der Waals surface area contributed by atoms with Crippen LogP contribution in [0.1, 0.15) is 62.0 Å². The summed E-state index contributed by atoms with van der Waals surface area (Å²) in [6.45, 7) is 9.27. The molecule has 9 heteroatoms. The first kappa shape index (κ1) is 24.2. The van der Waals surface area contributed by atoms with Crippen LogP contribution in [0.25, 0.3) is 0 Å². The van der Waals surface area contributed by atoms with Crippen LogP contribution < -0.4 is 10.2 Å². The van der Waals surface area contributed by atoms with E-state index in [2.05, 4.69) is 41.0 Å². The first-order valence-corrected chi connectivity index (χ1v) is 12.3. The first-order valence-electron chi connectivity index (χ1n) is 11.5. The minimum Gasteiger partial charge on any atom is -0.387 e. The van der Waals surface area contributed by atoms with E-state index in [1.54, 1.807) is 12.1 Å². The van der Waals surface area contributed by atoms with E-state index in [9.17, 15) is 9.90 Å². The van der Waals surface area contributed by atoms with Crippen LogP contribution in [-0.4, -0.2) is 64.6 Å². The van der Waals surface area contributed by atoms with Gasteiger partial charge in [0.05, 0.1) is 17.7 Å². The van der Waals surface area contributed by atoms with Crippen molar-refractivity contribution in [2.45, 2.75) is 51.2 Å². The van der Waals surface area contributed by atoms with Crippen molar-refractivity contribution in [1.29, 1.82) is 0 Å². The first-order chi connectivity index (χ1) is 15.8. The molecule has 1 fully saturated rings. The summed E-state index contributed by atoms with van der Waals surface area (Å²) in [5, 5.41) is 14.7. The molecule has 2 aliphatic rings.